The van der Waals surface area contributed by atoms with Crippen LogP contribution in [0.25, 0.3) is 0 Å². The molecule has 0 saturated carbocycles. The van der Waals surface area contributed by atoms with Gasteiger partial charge in [-0.05, 0) is 24.3 Å². The van der Waals surface area contributed by atoms with Gasteiger partial charge >= 0.3 is 0 Å². The summed E-state index contributed by atoms with van der Waals surface area (Å²) in [6.45, 7) is 20.8. The Balaban J connectivity index is -0.000000186. The predicted molar refractivity (Wildman–Crippen MR) is 112 cm³/mol. The Kier molecular flexibility index (Phi) is 28.1. The molecule has 0 aliphatic rings. The first-order valence-corrected chi connectivity index (χ1v) is 9.37. The maximum Gasteiger partial charge on any atom is 0.120 e. The van der Waals surface area contributed by atoms with Crippen LogP contribution in [-0.2, 0) is 0 Å². The first kappa shape index (κ1) is 30.8. The third-order valence-electron chi connectivity index (χ3n) is 2.01. The summed E-state index contributed by atoms with van der Waals surface area (Å²) in [5.41, 5.74) is 2.00. The number of aliphatic imine (C=N–C) groups is 1. The summed E-state index contributed by atoms with van der Waals surface area (Å²) >= 11 is 0. The Bertz CT molecular complexity index is 328. The Morgan fingerprint density at radius 2 is 1.29 bits per heavy atom. The molecule has 0 saturated heterocycles. The van der Waals surface area contributed by atoms with Gasteiger partial charge in [-0.3, -0.25) is 4.99 Å². The second-order valence-electron chi connectivity index (χ2n) is 6.17. The smallest absolute Gasteiger partial charge is 0.120 e. The monoisotopic (exact) mass is 343 g/mol. The minimum Gasteiger partial charge on any atom is -0.508 e. The molecule has 0 rings (SSSR count). The Hall–Kier alpha value is -1.09. The van der Waals surface area contributed by atoms with Gasteiger partial charge in [0.2, 0.25) is 0 Å². The molecule has 0 amide bonds. The fraction of sp³-hybridized carbons (Fsp3) is 0.762. The summed E-state index contributed by atoms with van der Waals surface area (Å²) in [7, 11) is 1.67. The third-order valence-corrected chi connectivity index (χ3v) is 2.01. The SMILES string of the molecule is CC.CC.CC(C)(C)C.CC/C=C(C(CCO)=NC)\C(O)=C/CC. The number of allylic oxidation sites excluding steroid dienone is 3. The number of rotatable bonds is 6. The quantitative estimate of drug-likeness (QED) is 0.319. The van der Waals surface area contributed by atoms with Crippen LogP contribution < -0.4 is 0 Å². The molecule has 0 radical (unpaired) electrons. The summed E-state index contributed by atoms with van der Waals surface area (Å²) in [4.78, 5) is 4.09. The van der Waals surface area contributed by atoms with Gasteiger partial charge in [-0.15, -0.1) is 0 Å². The molecule has 0 aromatic rings. The standard InChI is InChI=1S/C12H21NO2.C5H12.2C2H6/c1-4-6-10(12(15)7-5-2)11(13-3)8-9-14;1-5(2,3)4;2*1-2/h6-7,14-15H,4-5,8-9H2,1-3H3;1-4H3;2*1-2H3/b10-6-,12-7+,13-11?;;;. The average Bonchev–Trinajstić information content (AvgIpc) is 2.53. The van der Waals surface area contributed by atoms with Gasteiger partial charge in [-0.25, -0.2) is 0 Å². The van der Waals surface area contributed by atoms with Crippen molar-refractivity contribution in [3.63, 3.8) is 0 Å². The van der Waals surface area contributed by atoms with Gasteiger partial charge < -0.3 is 10.2 Å². The molecule has 0 aliphatic heterocycles. The van der Waals surface area contributed by atoms with Gasteiger partial charge in [-0.1, -0.05) is 75.3 Å². The van der Waals surface area contributed by atoms with Crippen molar-refractivity contribution in [1.82, 2.24) is 0 Å². The van der Waals surface area contributed by atoms with Crippen molar-refractivity contribution < 1.29 is 10.2 Å². The van der Waals surface area contributed by atoms with Crippen LogP contribution in [0.15, 0.2) is 28.5 Å². The van der Waals surface area contributed by atoms with E-state index in [1.54, 1.807) is 13.1 Å². The van der Waals surface area contributed by atoms with Gasteiger partial charge in [0.05, 0.1) is 0 Å². The van der Waals surface area contributed by atoms with E-state index in [4.69, 9.17) is 5.11 Å². The fourth-order valence-electron chi connectivity index (χ4n) is 1.35. The highest BCUT2D eigenvalue weighted by Gasteiger charge is 2.09. The average molecular weight is 344 g/mol. The second kappa shape index (κ2) is 21.9. The maximum absolute atomic E-state index is 9.80. The molecule has 0 aliphatic carbocycles. The van der Waals surface area contributed by atoms with Crippen molar-refractivity contribution in [2.75, 3.05) is 13.7 Å². The Morgan fingerprint density at radius 3 is 1.54 bits per heavy atom. The number of hydrogen-bond acceptors (Lipinski definition) is 3. The molecule has 0 bridgehead atoms. The van der Waals surface area contributed by atoms with Crippen LogP contribution in [0, 0.1) is 5.41 Å². The molecule has 3 heteroatoms. The van der Waals surface area contributed by atoms with Gasteiger partial charge in [0, 0.05) is 31.4 Å². The van der Waals surface area contributed by atoms with Crippen molar-refractivity contribution in [2.45, 2.75) is 88.5 Å². The van der Waals surface area contributed by atoms with Gasteiger partial charge in [-0.2, -0.15) is 0 Å². The first-order chi connectivity index (χ1) is 11.2. The van der Waals surface area contributed by atoms with Crippen molar-refractivity contribution in [1.29, 1.82) is 0 Å². The molecule has 0 unspecified atom stereocenters. The molecule has 0 atom stereocenters. The Labute approximate surface area is 152 Å². The molecule has 2 N–H and O–H groups in total. The molecule has 24 heavy (non-hydrogen) atoms. The second-order valence-corrected chi connectivity index (χ2v) is 6.17. The van der Waals surface area contributed by atoms with E-state index in [0.717, 1.165) is 24.1 Å². The maximum atomic E-state index is 9.80. The topological polar surface area (TPSA) is 52.8 Å². The molecular formula is C21H45NO2. The lowest BCUT2D eigenvalue weighted by Crippen LogP contribution is -2.08. The van der Waals surface area contributed by atoms with E-state index in [1.807, 2.05) is 47.6 Å². The van der Waals surface area contributed by atoms with Gasteiger partial charge in [0.15, 0.2) is 0 Å². The van der Waals surface area contributed by atoms with Crippen LogP contribution in [0.1, 0.15) is 88.5 Å². The largest absolute Gasteiger partial charge is 0.508 e. The number of aliphatic hydroxyl groups excluding tert-OH is 2. The molecular weight excluding hydrogens is 298 g/mol. The summed E-state index contributed by atoms with van der Waals surface area (Å²) in [5, 5.41) is 18.7. The molecule has 0 spiro atoms. The molecule has 146 valence electrons. The van der Waals surface area contributed by atoms with Crippen molar-refractivity contribution >= 4 is 5.71 Å². The van der Waals surface area contributed by atoms with Crippen molar-refractivity contribution in [3.8, 4) is 0 Å². The van der Waals surface area contributed by atoms with Crippen LogP contribution in [-0.4, -0.2) is 29.6 Å². The fourth-order valence-corrected chi connectivity index (χ4v) is 1.35. The van der Waals surface area contributed by atoms with E-state index in [2.05, 4.69) is 32.7 Å². The van der Waals surface area contributed by atoms with Crippen LogP contribution >= 0.6 is 0 Å². The van der Waals surface area contributed by atoms with Crippen LogP contribution in [0.3, 0.4) is 0 Å². The minimum absolute atomic E-state index is 0.0487. The van der Waals surface area contributed by atoms with Gasteiger partial charge in [0.1, 0.15) is 5.76 Å². The van der Waals surface area contributed by atoms with E-state index >= 15 is 0 Å². The van der Waals surface area contributed by atoms with E-state index in [9.17, 15) is 5.11 Å². The molecule has 0 aromatic carbocycles. The molecule has 0 heterocycles. The molecule has 0 fully saturated rings. The summed E-state index contributed by atoms with van der Waals surface area (Å²) in [6.07, 6.45) is 5.78. The zero-order chi connectivity index (χ0) is 20.2. The molecule has 0 aromatic heterocycles. The van der Waals surface area contributed by atoms with E-state index < -0.39 is 0 Å². The van der Waals surface area contributed by atoms with E-state index in [1.165, 1.54) is 0 Å². The zero-order valence-corrected chi connectivity index (χ0v) is 18.3. The Morgan fingerprint density at radius 1 is 0.917 bits per heavy atom. The summed E-state index contributed by atoms with van der Waals surface area (Å²) < 4.78 is 0. The van der Waals surface area contributed by atoms with Crippen LogP contribution in [0.5, 0.6) is 0 Å². The van der Waals surface area contributed by atoms with Crippen molar-refractivity contribution in [3.05, 3.63) is 23.5 Å². The van der Waals surface area contributed by atoms with E-state index in [-0.39, 0.29) is 12.4 Å². The minimum atomic E-state index is 0.0487. The summed E-state index contributed by atoms with van der Waals surface area (Å²) in [5.74, 6) is 0.258. The normalized spacial score (nSPS) is 12.1. The van der Waals surface area contributed by atoms with Crippen molar-refractivity contribution in [2.24, 2.45) is 10.4 Å². The van der Waals surface area contributed by atoms with E-state index in [0.29, 0.717) is 11.8 Å². The lowest BCUT2D eigenvalue weighted by molar-refractivity contribution is 0.307. The molecule has 3 nitrogen and oxygen atoms in total. The number of hydrogen-bond donors (Lipinski definition) is 2. The van der Waals surface area contributed by atoms with Gasteiger partial charge in [0.25, 0.3) is 0 Å². The first-order valence-electron chi connectivity index (χ1n) is 9.37. The number of nitrogens with zero attached hydrogens (tertiary/aromatic N) is 1. The zero-order valence-electron chi connectivity index (χ0n) is 18.3. The highest BCUT2D eigenvalue weighted by atomic mass is 16.3. The highest BCUT2D eigenvalue weighted by molar-refractivity contribution is 6.03. The lowest BCUT2D eigenvalue weighted by Gasteiger charge is -2.09. The number of aliphatic hydroxyl groups is 2. The summed E-state index contributed by atoms with van der Waals surface area (Å²) in [6, 6.07) is 0. The third kappa shape index (κ3) is 25.8. The highest BCUT2D eigenvalue weighted by Crippen LogP contribution is 2.13. The predicted octanol–water partition coefficient (Wildman–Crippen LogP) is 6.73. The lowest BCUT2D eigenvalue weighted by atomic mass is 10.0. The van der Waals surface area contributed by atoms with Crippen LogP contribution in [0.4, 0.5) is 0 Å². The van der Waals surface area contributed by atoms with Crippen LogP contribution in [0.2, 0.25) is 0 Å².